The molecule has 0 aliphatic heterocycles. The van der Waals surface area contributed by atoms with Crippen LogP contribution in [0.5, 0.6) is 0 Å². The smallest absolute Gasteiger partial charge is 0.346 e. The Morgan fingerprint density at radius 1 is 1.28 bits per heavy atom. The molecule has 2 heterocycles. The van der Waals surface area contributed by atoms with Crippen LogP contribution >= 0.6 is 11.6 Å². The number of ether oxygens (including phenoxy) is 1. The molecular formula is C17H17ClN4O3. The first kappa shape index (κ1) is 17.0. The molecule has 0 amide bonds. The first-order valence-corrected chi connectivity index (χ1v) is 7.99. The van der Waals surface area contributed by atoms with E-state index >= 15 is 0 Å². The van der Waals surface area contributed by atoms with Crippen LogP contribution < -0.4 is 5.73 Å². The molecule has 0 aliphatic carbocycles. The second kappa shape index (κ2) is 6.98. The maximum Gasteiger partial charge on any atom is 0.346 e. The van der Waals surface area contributed by atoms with Crippen molar-refractivity contribution in [1.82, 2.24) is 14.9 Å². The highest BCUT2D eigenvalue weighted by molar-refractivity contribution is 6.30. The molecule has 130 valence electrons. The Balaban J connectivity index is 1.74. The van der Waals surface area contributed by atoms with Gasteiger partial charge in [0.15, 0.2) is 0 Å². The van der Waals surface area contributed by atoms with E-state index in [1.807, 2.05) is 37.3 Å². The van der Waals surface area contributed by atoms with Crippen molar-refractivity contribution < 1.29 is 14.1 Å². The number of benzene rings is 1. The number of nitrogen functional groups attached to an aromatic ring is 1. The number of anilines is 1. The van der Waals surface area contributed by atoms with Gasteiger partial charge >= 0.3 is 5.97 Å². The van der Waals surface area contributed by atoms with Gasteiger partial charge in [-0.25, -0.2) is 9.48 Å². The van der Waals surface area contributed by atoms with Gasteiger partial charge in [0.1, 0.15) is 17.3 Å². The number of hydrogen-bond acceptors (Lipinski definition) is 6. The number of hydrogen-bond donors (Lipinski definition) is 1. The largest absolute Gasteiger partial charge is 0.457 e. The van der Waals surface area contributed by atoms with Gasteiger partial charge in [-0.2, -0.15) is 5.10 Å². The number of carbonyl (C=O) groups excluding carboxylic acids is 1. The molecule has 0 aliphatic rings. The number of nitrogens with zero attached hydrogens (tertiary/aromatic N) is 3. The monoisotopic (exact) mass is 360 g/mol. The molecule has 2 aromatic heterocycles. The lowest BCUT2D eigenvalue weighted by Gasteiger charge is -2.05. The maximum atomic E-state index is 12.2. The third-order valence-electron chi connectivity index (χ3n) is 3.80. The number of aryl methyl sites for hydroxylation is 2. The number of rotatable bonds is 5. The van der Waals surface area contributed by atoms with Crippen LogP contribution in [0.1, 0.15) is 32.9 Å². The van der Waals surface area contributed by atoms with Crippen LogP contribution in [-0.2, 0) is 17.9 Å². The van der Waals surface area contributed by atoms with Crippen molar-refractivity contribution in [2.45, 2.75) is 27.0 Å². The minimum atomic E-state index is -0.609. The lowest BCUT2D eigenvalue weighted by atomic mass is 10.2. The molecule has 0 saturated heterocycles. The van der Waals surface area contributed by atoms with E-state index in [1.165, 1.54) is 0 Å². The van der Waals surface area contributed by atoms with E-state index in [2.05, 4.69) is 10.3 Å². The summed E-state index contributed by atoms with van der Waals surface area (Å²) in [5, 5.41) is 8.49. The molecule has 8 heteroatoms. The molecule has 0 bridgehead atoms. The van der Waals surface area contributed by atoms with Gasteiger partial charge in [-0.3, -0.25) is 0 Å². The van der Waals surface area contributed by atoms with Crippen LogP contribution in [0.25, 0.3) is 0 Å². The molecule has 3 aromatic rings. The second-order valence-corrected chi connectivity index (χ2v) is 5.94. The van der Waals surface area contributed by atoms with Crippen molar-refractivity contribution in [3.63, 3.8) is 0 Å². The fourth-order valence-electron chi connectivity index (χ4n) is 2.46. The summed E-state index contributed by atoms with van der Waals surface area (Å²) in [6.45, 7) is 3.96. The maximum absolute atomic E-state index is 12.2. The number of aromatic nitrogens is 3. The van der Waals surface area contributed by atoms with Gasteiger partial charge in [0.25, 0.3) is 0 Å². The molecule has 3 rings (SSSR count). The van der Waals surface area contributed by atoms with Crippen molar-refractivity contribution in [3.8, 4) is 0 Å². The quantitative estimate of drug-likeness (QED) is 0.702. The van der Waals surface area contributed by atoms with Gasteiger partial charge in [-0.05, 0) is 19.4 Å². The minimum absolute atomic E-state index is 0.0116. The zero-order valence-electron chi connectivity index (χ0n) is 13.8. The van der Waals surface area contributed by atoms with Crippen LogP contribution in [-0.4, -0.2) is 20.9 Å². The standard InChI is InChI=1S/C17H17ClN4O3/c1-10-13(9-24-17(23)14-11(2)21-25-16(14)19)15(18)22(20-10)8-12-6-4-3-5-7-12/h3-7H,8-9,19H2,1-2H3. The normalized spacial score (nSPS) is 10.8. The SMILES string of the molecule is Cc1nn(Cc2ccccc2)c(Cl)c1COC(=O)c1c(C)noc1N. The average molecular weight is 361 g/mol. The molecule has 0 radical (unpaired) electrons. The zero-order valence-corrected chi connectivity index (χ0v) is 14.6. The van der Waals surface area contributed by atoms with Crippen molar-refractivity contribution in [2.75, 3.05) is 5.73 Å². The third-order valence-corrected chi connectivity index (χ3v) is 4.22. The van der Waals surface area contributed by atoms with Crippen molar-refractivity contribution in [2.24, 2.45) is 0 Å². The highest BCUT2D eigenvalue weighted by atomic mass is 35.5. The fraction of sp³-hybridized carbons (Fsp3) is 0.235. The Hall–Kier alpha value is -2.80. The third kappa shape index (κ3) is 3.51. The van der Waals surface area contributed by atoms with Crippen LogP contribution in [0.15, 0.2) is 34.9 Å². The van der Waals surface area contributed by atoms with E-state index in [9.17, 15) is 4.79 Å². The van der Waals surface area contributed by atoms with Gasteiger partial charge in [-0.15, -0.1) is 0 Å². The molecule has 1 aromatic carbocycles. The van der Waals surface area contributed by atoms with Crippen LogP contribution in [0.2, 0.25) is 5.15 Å². The van der Waals surface area contributed by atoms with E-state index in [1.54, 1.807) is 11.6 Å². The Morgan fingerprint density at radius 3 is 2.64 bits per heavy atom. The van der Waals surface area contributed by atoms with Gasteiger partial charge < -0.3 is 15.0 Å². The molecule has 25 heavy (non-hydrogen) atoms. The van der Waals surface area contributed by atoms with Crippen molar-refractivity contribution in [1.29, 1.82) is 0 Å². The van der Waals surface area contributed by atoms with Crippen LogP contribution in [0.3, 0.4) is 0 Å². The number of carbonyl (C=O) groups is 1. The fourth-order valence-corrected chi connectivity index (χ4v) is 2.75. The summed E-state index contributed by atoms with van der Waals surface area (Å²) >= 11 is 6.40. The lowest BCUT2D eigenvalue weighted by molar-refractivity contribution is 0.0472. The van der Waals surface area contributed by atoms with E-state index in [0.717, 1.165) is 5.56 Å². The summed E-state index contributed by atoms with van der Waals surface area (Å²) < 4.78 is 11.7. The van der Waals surface area contributed by atoms with Crippen molar-refractivity contribution in [3.05, 3.63) is 63.6 Å². The number of esters is 1. The van der Waals surface area contributed by atoms with Crippen LogP contribution in [0, 0.1) is 13.8 Å². The molecule has 2 N–H and O–H groups in total. The van der Waals surface area contributed by atoms with E-state index in [0.29, 0.717) is 28.6 Å². The molecule has 7 nitrogen and oxygen atoms in total. The van der Waals surface area contributed by atoms with Crippen molar-refractivity contribution >= 4 is 23.5 Å². The minimum Gasteiger partial charge on any atom is -0.457 e. The summed E-state index contributed by atoms with van der Waals surface area (Å²) in [4.78, 5) is 12.2. The predicted octanol–water partition coefficient (Wildman–Crippen LogP) is 3.13. The van der Waals surface area contributed by atoms with E-state index in [-0.39, 0.29) is 18.1 Å². The average Bonchev–Trinajstić information content (AvgIpc) is 3.06. The zero-order chi connectivity index (χ0) is 18.0. The number of nitrogens with two attached hydrogens (primary N) is 1. The Kier molecular flexibility index (Phi) is 4.76. The summed E-state index contributed by atoms with van der Waals surface area (Å²) in [5.41, 5.74) is 8.52. The molecule has 0 saturated carbocycles. The van der Waals surface area contributed by atoms with Gasteiger partial charge in [0.05, 0.1) is 17.9 Å². The molecule has 0 spiro atoms. The summed E-state index contributed by atoms with van der Waals surface area (Å²) in [5.74, 6) is -0.674. The van der Waals surface area contributed by atoms with Gasteiger partial charge in [0, 0.05) is 5.56 Å². The molecule has 0 unspecified atom stereocenters. The Labute approximate surface area is 149 Å². The van der Waals surface area contributed by atoms with Gasteiger partial charge in [0.2, 0.25) is 5.88 Å². The Morgan fingerprint density at radius 2 is 2.00 bits per heavy atom. The molecule has 0 atom stereocenters. The lowest BCUT2D eigenvalue weighted by Crippen LogP contribution is -2.08. The highest BCUT2D eigenvalue weighted by Crippen LogP contribution is 2.23. The van der Waals surface area contributed by atoms with E-state index in [4.69, 9.17) is 26.6 Å². The van der Waals surface area contributed by atoms with Crippen LogP contribution in [0.4, 0.5) is 5.88 Å². The molecular weight excluding hydrogens is 344 g/mol. The van der Waals surface area contributed by atoms with Gasteiger partial charge in [-0.1, -0.05) is 47.1 Å². The first-order chi connectivity index (χ1) is 12.0. The summed E-state index contributed by atoms with van der Waals surface area (Å²) in [6, 6.07) is 9.83. The number of halogens is 1. The summed E-state index contributed by atoms with van der Waals surface area (Å²) in [6.07, 6.45) is 0. The topological polar surface area (TPSA) is 96.2 Å². The molecule has 0 fully saturated rings. The second-order valence-electron chi connectivity index (χ2n) is 5.58. The highest BCUT2D eigenvalue weighted by Gasteiger charge is 2.22. The Bertz CT molecular complexity index is 883. The first-order valence-electron chi connectivity index (χ1n) is 7.62. The predicted molar refractivity (Wildman–Crippen MR) is 92.3 cm³/mol. The van der Waals surface area contributed by atoms with E-state index < -0.39 is 5.97 Å². The summed E-state index contributed by atoms with van der Waals surface area (Å²) in [7, 11) is 0.